The molecule has 1 heterocycles. The monoisotopic (exact) mass is 251 g/mol. The molecule has 1 aromatic carbocycles. The number of aliphatic hydroxyl groups excluding tert-OH is 1. The normalized spacial score (nSPS) is 12.5. The molecule has 17 heavy (non-hydrogen) atoms. The second-order valence-corrected chi connectivity index (χ2v) is 4.21. The summed E-state index contributed by atoms with van der Waals surface area (Å²) in [6.07, 6.45) is 2.34. The third kappa shape index (κ3) is 2.46. The lowest BCUT2D eigenvalue weighted by atomic mass is 9.99. The van der Waals surface area contributed by atoms with Gasteiger partial charge < -0.3 is 5.11 Å². The Morgan fingerprint density at radius 1 is 1.29 bits per heavy atom. The average molecular weight is 252 g/mol. The maximum Gasteiger partial charge on any atom is 0.124 e. The van der Waals surface area contributed by atoms with Crippen LogP contribution in [0.5, 0.6) is 0 Å². The molecule has 0 aliphatic carbocycles. The summed E-state index contributed by atoms with van der Waals surface area (Å²) in [5.74, 6) is -0.422. The van der Waals surface area contributed by atoms with Gasteiger partial charge in [-0.05, 0) is 30.7 Å². The number of halogens is 2. The standard InChI is InChI=1S/C13H11ClFNO/c1-8-4-5-16-7-11(8)13(17)10-3-2-9(15)6-12(10)14/h2-7,13,17H,1H3. The van der Waals surface area contributed by atoms with Gasteiger partial charge in [0, 0.05) is 28.5 Å². The lowest BCUT2D eigenvalue weighted by Crippen LogP contribution is -2.03. The summed E-state index contributed by atoms with van der Waals surface area (Å²) in [5, 5.41) is 10.4. The highest BCUT2D eigenvalue weighted by Gasteiger charge is 2.16. The topological polar surface area (TPSA) is 33.1 Å². The van der Waals surface area contributed by atoms with E-state index in [0.717, 1.165) is 5.56 Å². The number of aliphatic hydroxyl groups is 1. The molecule has 0 saturated carbocycles. The van der Waals surface area contributed by atoms with Crippen LogP contribution in [0.3, 0.4) is 0 Å². The third-order valence-corrected chi connectivity index (χ3v) is 2.96. The van der Waals surface area contributed by atoms with Crippen molar-refractivity contribution in [1.29, 1.82) is 0 Å². The maximum atomic E-state index is 12.9. The average Bonchev–Trinajstić information content (AvgIpc) is 2.29. The second kappa shape index (κ2) is 4.82. The summed E-state index contributed by atoms with van der Waals surface area (Å²) in [6.45, 7) is 1.87. The first-order valence-corrected chi connectivity index (χ1v) is 5.51. The first-order valence-electron chi connectivity index (χ1n) is 5.13. The van der Waals surface area contributed by atoms with E-state index in [0.29, 0.717) is 11.1 Å². The fourth-order valence-electron chi connectivity index (χ4n) is 1.65. The number of rotatable bonds is 2. The molecule has 0 amide bonds. The highest BCUT2D eigenvalue weighted by molar-refractivity contribution is 6.31. The van der Waals surface area contributed by atoms with Gasteiger partial charge in [0.2, 0.25) is 0 Å². The zero-order valence-corrected chi connectivity index (χ0v) is 9.95. The summed E-state index contributed by atoms with van der Waals surface area (Å²) >= 11 is 5.91. The van der Waals surface area contributed by atoms with Crippen molar-refractivity contribution in [2.75, 3.05) is 0 Å². The number of pyridine rings is 1. The molecule has 1 atom stereocenters. The minimum absolute atomic E-state index is 0.209. The molecule has 1 N–H and O–H groups in total. The Hall–Kier alpha value is -1.45. The van der Waals surface area contributed by atoms with Crippen LogP contribution in [-0.4, -0.2) is 10.1 Å². The lowest BCUT2D eigenvalue weighted by molar-refractivity contribution is 0.219. The number of nitrogens with zero attached hydrogens (tertiary/aromatic N) is 1. The van der Waals surface area contributed by atoms with Gasteiger partial charge in [0.1, 0.15) is 11.9 Å². The van der Waals surface area contributed by atoms with Crippen LogP contribution in [0.4, 0.5) is 4.39 Å². The maximum absolute atomic E-state index is 12.9. The van der Waals surface area contributed by atoms with Gasteiger partial charge in [0.25, 0.3) is 0 Å². The zero-order valence-electron chi connectivity index (χ0n) is 9.19. The Balaban J connectivity index is 2.44. The van der Waals surface area contributed by atoms with E-state index in [4.69, 9.17) is 11.6 Å². The fraction of sp³-hybridized carbons (Fsp3) is 0.154. The summed E-state index contributed by atoms with van der Waals surface area (Å²) in [7, 11) is 0. The molecule has 0 fully saturated rings. The van der Waals surface area contributed by atoms with E-state index in [1.54, 1.807) is 18.5 Å². The molecule has 2 aromatic rings. The minimum atomic E-state index is -0.892. The van der Waals surface area contributed by atoms with Gasteiger partial charge in [-0.15, -0.1) is 0 Å². The highest BCUT2D eigenvalue weighted by Crippen LogP contribution is 2.29. The van der Waals surface area contributed by atoms with Crippen LogP contribution in [0, 0.1) is 12.7 Å². The Labute approximate surface area is 104 Å². The van der Waals surface area contributed by atoms with Gasteiger partial charge >= 0.3 is 0 Å². The van der Waals surface area contributed by atoms with Crippen molar-refractivity contribution >= 4 is 11.6 Å². The van der Waals surface area contributed by atoms with Crippen LogP contribution in [0.25, 0.3) is 0 Å². The van der Waals surface area contributed by atoms with Crippen LogP contribution in [0.1, 0.15) is 22.8 Å². The Morgan fingerprint density at radius 3 is 2.71 bits per heavy atom. The molecule has 0 aliphatic rings. The molecule has 0 spiro atoms. The van der Waals surface area contributed by atoms with E-state index in [-0.39, 0.29) is 5.02 Å². The first kappa shape index (κ1) is 12.0. The predicted molar refractivity (Wildman–Crippen MR) is 64.4 cm³/mol. The SMILES string of the molecule is Cc1ccncc1C(O)c1ccc(F)cc1Cl. The van der Waals surface area contributed by atoms with Crippen LogP contribution in [0.15, 0.2) is 36.7 Å². The van der Waals surface area contributed by atoms with Crippen molar-refractivity contribution in [2.45, 2.75) is 13.0 Å². The molecule has 1 unspecified atom stereocenters. The quantitative estimate of drug-likeness (QED) is 0.889. The van der Waals surface area contributed by atoms with E-state index in [1.807, 2.05) is 6.92 Å². The molecular formula is C13H11ClFNO. The van der Waals surface area contributed by atoms with Crippen molar-refractivity contribution in [3.8, 4) is 0 Å². The van der Waals surface area contributed by atoms with E-state index in [2.05, 4.69) is 4.98 Å². The Morgan fingerprint density at radius 2 is 2.06 bits per heavy atom. The summed E-state index contributed by atoms with van der Waals surface area (Å²) in [5.41, 5.74) is 2.05. The van der Waals surface area contributed by atoms with Crippen molar-refractivity contribution in [1.82, 2.24) is 4.98 Å². The van der Waals surface area contributed by atoms with E-state index in [9.17, 15) is 9.50 Å². The van der Waals surface area contributed by atoms with Crippen LogP contribution in [0.2, 0.25) is 5.02 Å². The zero-order chi connectivity index (χ0) is 12.4. The number of aromatic nitrogens is 1. The van der Waals surface area contributed by atoms with Crippen molar-refractivity contribution in [2.24, 2.45) is 0 Å². The van der Waals surface area contributed by atoms with Gasteiger partial charge in [0.15, 0.2) is 0 Å². The molecule has 2 nitrogen and oxygen atoms in total. The first-order chi connectivity index (χ1) is 8.09. The van der Waals surface area contributed by atoms with E-state index >= 15 is 0 Å². The van der Waals surface area contributed by atoms with Gasteiger partial charge in [-0.3, -0.25) is 4.98 Å². The van der Waals surface area contributed by atoms with Gasteiger partial charge in [0.05, 0.1) is 0 Å². The summed E-state index contributed by atoms with van der Waals surface area (Å²) in [4.78, 5) is 3.96. The lowest BCUT2D eigenvalue weighted by Gasteiger charge is -2.14. The third-order valence-electron chi connectivity index (χ3n) is 2.63. The van der Waals surface area contributed by atoms with E-state index in [1.165, 1.54) is 18.2 Å². The van der Waals surface area contributed by atoms with Gasteiger partial charge in [-0.1, -0.05) is 17.7 Å². The Bertz CT molecular complexity index is 545. The number of hydrogen-bond acceptors (Lipinski definition) is 2. The van der Waals surface area contributed by atoms with Gasteiger partial charge in [-0.25, -0.2) is 4.39 Å². The summed E-state index contributed by atoms with van der Waals surface area (Å²) < 4.78 is 12.9. The van der Waals surface area contributed by atoms with Crippen LogP contribution < -0.4 is 0 Å². The molecule has 1 aromatic heterocycles. The number of aryl methyl sites for hydroxylation is 1. The molecule has 2 rings (SSSR count). The van der Waals surface area contributed by atoms with Crippen LogP contribution >= 0.6 is 11.6 Å². The molecule has 0 aliphatic heterocycles. The molecular weight excluding hydrogens is 241 g/mol. The second-order valence-electron chi connectivity index (χ2n) is 3.80. The summed E-state index contributed by atoms with van der Waals surface area (Å²) in [6, 6.07) is 5.74. The molecule has 4 heteroatoms. The Kier molecular flexibility index (Phi) is 3.41. The molecule has 88 valence electrons. The fourth-order valence-corrected chi connectivity index (χ4v) is 1.92. The molecule has 0 bridgehead atoms. The van der Waals surface area contributed by atoms with E-state index < -0.39 is 11.9 Å². The van der Waals surface area contributed by atoms with Crippen LogP contribution in [-0.2, 0) is 0 Å². The highest BCUT2D eigenvalue weighted by atomic mass is 35.5. The van der Waals surface area contributed by atoms with Crippen molar-refractivity contribution in [3.05, 3.63) is 64.2 Å². The van der Waals surface area contributed by atoms with Crippen molar-refractivity contribution in [3.63, 3.8) is 0 Å². The predicted octanol–water partition coefficient (Wildman–Crippen LogP) is 3.26. The molecule has 0 radical (unpaired) electrons. The minimum Gasteiger partial charge on any atom is -0.384 e. The largest absolute Gasteiger partial charge is 0.384 e. The number of benzene rings is 1. The van der Waals surface area contributed by atoms with Gasteiger partial charge in [-0.2, -0.15) is 0 Å². The number of hydrogen-bond donors (Lipinski definition) is 1. The smallest absolute Gasteiger partial charge is 0.124 e. The van der Waals surface area contributed by atoms with Crippen molar-refractivity contribution < 1.29 is 9.50 Å². The molecule has 0 saturated heterocycles.